The number of thiophene rings is 1. The minimum absolute atomic E-state index is 0.426. The van der Waals surface area contributed by atoms with Gasteiger partial charge in [0.05, 0.1) is 24.8 Å². The van der Waals surface area contributed by atoms with Crippen molar-refractivity contribution in [3.05, 3.63) is 45.1 Å². The topological polar surface area (TPSA) is 68.9 Å². The minimum atomic E-state index is 0.426. The van der Waals surface area contributed by atoms with E-state index in [0.717, 1.165) is 24.9 Å². The number of rotatable bonds is 5. The number of hydrogen-bond donors (Lipinski definition) is 2. The second-order valence-electron chi connectivity index (χ2n) is 5.41. The van der Waals surface area contributed by atoms with Crippen LogP contribution in [0.25, 0.3) is 0 Å². The molecule has 0 atom stereocenters. The van der Waals surface area contributed by atoms with Gasteiger partial charge in [-0.1, -0.05) is 17.7 Å². The second kappa shape index (κ2) is 8.26. The molecule has 2 aromatic rings. The first kappa shape index (κ1) is 16.9. The van der Waals surface area contributed by atoms with Crippen LogP contribution in [0.1, 0.15) is 16.9 Å². The molecule has 7 heteroatoms. The van der Waals surface area contributed by atoms with Gasteiger partial charge < -0.3 is 20.5 Å². The van der Waals surface area contributed by atoms with Gasteiger partial charge in [0.1, 0.15) is 0 Å². The first-order chi connectivity index (χ1) is 11.7. The summed E-state index contributed by atoms with van der Waals surface area (Å²) in [5.41, 5.74) is 6.85. The summed E-state index contributed by atoms with van der Waals surface area (Å²) in [7, 11) is 0. The average Bonchev–Trinajstić information content (AvgIpc) is 2.96. The Kier molecular flexibility index (Phi) is 5.82. The Hall–Kier alpha value is -1.92. The predicted octanol–water partition coefficient (Wildman–Crippen LogP) is 3.21. The van der Waals surface area contributed by atoms with Crippen molar-refractivity contribution in [1.29, 1.82) is 0 Å². The molecule has 2 heterocycles. The van der Waals surface area contributed by atoms with E-state index in [1.54, 1.807) is 11.3 Å². The van der Waals surface area contributed by atoms with Gasteiger partial charge in [0.2, 0.25) is 0 Å². The SMILES string of the molecule is NC(=NCc1cc(Cl)c2c(c1)OCCCO2)NCCc1cccs1. The number of nitrogens with two attached hydrogens (primary N) is 1. The molecule has 1 aliphatic rings. The summed E-state index contributed by atoms with van der Waals surface area (Å²) in [6.45, 7) is 2.44. The van der Waals surface area contributed by atoms with E-state index < -0.39 is 0 Å². The Morgan fingerprint density at radius 2 is 2.21 bits per heavy atom. The van der Waals surface area contributed by atoms with E-state index in [1.807, 2.05) is 18.2 Å². The van der Waals surface area contributed by atoms with Gasteiger partial charge in [-0.05, 0) is 35.6 Å². The lowest BCUT2D eigenvalue weighted by atomic mass is 10.2. The highest BCUT2D eigenvalue weighted by Crippen LogP contribution is 2.38. The maximum atomic E-state index is 6.28. The third kappa shape index (κ3) is 4.55. The van der Waals surface area contributed by atoms with E-state index in [2.05, 4.69) is 21.8 Å². The molecule has 0 saturated carbocycles. The molecule has 0 unspecified atom stereocenters. The third-order valence-corrected chi connectivity index (χ3v) is 4.77. The van der Waals surface area contributed by atoms with E-state index in [4.69, 9.17) is 26.8 Å². The van der Waals surface area contributed by atoms with Crippen molar-refractivity contribution in [2.45, 2.75) is 19.4 Å². The molecule has 5 nitrogen and oxygen atoms in total. The molecular formula is C17H20ClN3O2S. The number of fused-ring (bicyclic) bond motifs is 1. The first-order valence-corrected chi connectivity index (χ1v) is 9.12. The maximum Gasteiger partial charge on any atom is 0.188 e. The lowest BCUT2D eigenvalue weighted by Crippen LogP contribution is -2.33. The normalized spacial score (nSPS) is 14.3. The zero-order valence-corrected chi connectivity index (χ0v) is 14.8. The molecule has 128 valence electrons. The van der Waals surface area contributed by atoms with Crippen LogP contribution >= 0.6 is 22.9 Å². The monoisotopic (exact) mass is 365 g/mol. The minimum Gasteiger partial charge on any atom is -0.489 e. The molecule has 0 bridgehead atoms. The Morgan fingerprint density at radius 3 is 3.04 bits per heavy atom. The van der Waals surface area contributed by atoms with E-state index in [0.29, 0.717) is 42.2 Å². The van der Waals surface area contributed by atoms with Crippen LogP contribution in [0.3, 0.4) is 0 Å². The van der Waals surface area contributed by atoms with Crippen molar-refractivity contribution in [1.82, 2.24) is 5.32 Å². The number of nitrogens with one attached hydrogen (secondary N) is 1. The van der Waals surface area contributed by atoms with Crippen LogP contribution in [0.15, 0.2) is 34.6 Å². The molecule has 0 fully saturated rings. The summed E-state index contributed by atoms with van der Waals surface area (Å²) in [5.74, 6) is 1.72. The molecule has 0 spiro atoms. The summed E-state index contributed by atoms with van der Waals surface area (Å²) < 4.78 is 11.3. The number of halogens is 1. The van der Waals surface area contributed by atoms with Crippen molar-refractivity contribution < 1.29 is 9.47 Å². The molecule has 1 aliphatic heterocycles. The number of nitrogens with zero attached hydrogens (tertiary/aromatic N) is 1. The fourth-order valence-electron chi connectivity index (χ4n) is 2.38. The average molecular weight is 366 g/mol. The van der Waals surface area contributed by atoms with Crippen molar-refractivity contribution in [3.8, 4) is 11.5 Å². The molecule has 3 rings (SSSR count). The summed E-state index contributed by atoms with van der Waals surface area (Å²) in [6.07, 6.45) is 1.78. The lowest BCUT2D eigenvalue weighted by Gasteiger charge is -2.11. The van der Waals surface area contributed by atoms with Gasteiger partial charge in [0, 0.05) is 17.8 Å². The molecule has 0 amide bonds. The smallest absolute Gasteiger partial charge is 0.188 e. The molecule has 0 radical (unpaired) electrons. The van der Waals surface area contributed by atoms with E-state index in [-0.39, 0.29) is 0 Å². The molecule has 24 heavy (non-hydrogen) atoms. The highest BCUT2D eigenvalue weighted by molar-refractivity contribution is 7.09. The van der Waals surface area contributed by atoms with E-state index in [9.17, 15) is 0 Å². The van der Waals surface area contributed by atoms with Crippen LogP contribution in [0.4, 0.5) is 0 Å². The fraction of sp³-hybridized carbons (Fsp3) is 0.353. The molecule has 0 aliphatic carbocycles. The molecule has 1 aromatic carbocycles. The summed E-state index contributed by atoms with van der Waals surface area (Å²) >= 11 is 8.02. The Balaban J connectivity index is 1.57. The molecule has 1 aromatic heterocycles. The molecule has 3 N–H and O–H groups in total. The zero-order valence-electron chi connectivity index (χ0n) is 13.3. The lowest BCUT2D eigenvalue weighted by molar-refractivity contribution is 0.297. The van der Waals surface area contributed by atoms with Gasteiger partial charge in [-0.25, -0.2) is 4.99 Å². The second-order valence-corrected chi connectivity index (χ2v) is 6.85. The number of aliphatic imine (C=N–C) groups is 1. The Labute approximate surface area is 150 Å². The third-order valence-electron chi connectivity index (χ3n) is 3.55. The van der Waals surface area contributed by atoms with Crippen LogP contribution in [-0.2, 0) is 13.0 Å². The number of ether oxygens (including phenoxy) is 2. The number of benzene rings is 1. The highest BCUT2D eigenvalue weighted by atomic mass is 35.5. The Morgan fingerprint density at radius 1 is 1.33 bits per heavy atom. The van der Waals surface area contributed by atoms with Gasteiger partial charge in [-0.3, -0.25) is 0 Å². The quantitative estimate of drug-likeness (QED) is 0.630. The Bertz CT molecular complexity index is 704. The summed E-state index contributed by atoms with van der Waals surface area (Å²) in [4.78, 5) is 5.68. The van der Waals surface area contributed by atoms with Crippen LogP contribution in [0.5, 0.6) is 11.5 Å². The number of guanidine groups is 1. The van der Waals surface area contributed by atoms with Crippen LogP contribution in [0.2, 0.25) is 5.02 Å². The largest absolute Gasteiger partial charge is 0.489 e. The van der Waals surface area contributed by atoms with Crippen molar-refractivity contribution in [2.24, 2.45) is 10.7 Å². The van der Waals surface area contributed by atoms with Gasteiger partial charge in [-0.15, -0.1) is 11.3 Å². The van der Waals surface area contributed by atoms with E-state index >= 15 is 0 Å². The van der Waals surface area contributed by atoms with Crippen molar-refractivity contribution in [3.63, 3.8) is 0 Å². The van der Waals surface area contributed by atoms with Gasteiger partial charge in [-0.2, -0.15) is 0 Å². The van der Waals surface area contributed by atoms with E-state index in [1.165, 1.54) is 4.88 Å². The van der Waals surface area contributed by atoms with Crippen molar-refractivity contribution in [2.75, 3.05) is 19.8 Å². The van der Waals surface area contributed by atoms with Crippen LogP contribution in [0, 0.1) is 0 Å². The van der Waals surface area contributed by atoms with Gasteiger partial charge in [0.25, 0.3) is 0 Å². The van der Waals surface area contributed by atoms with Gasteiger partial charge >= 0.3 is 0 Å². The van der Waals surface area contributed by atoms with Crippen LogP contribution in [-0.4, -0.2) is 25.7 Å². The first-order valence-electron chi connectivity index (χ1n) is 7.86. The maximum absolute atomic E-state index is 6.28. The molecular weight excluding hydrogens is 346 g/mol. The van der Waals surface area contributed by atoms with Crippen molar-refractivity contribution >= 4 is 28.9 Å². The molecule has 0 saturated heterocycles. The number of hydrogen-bond acceptors (Lipinski definition) is 4. The summed E-state index contributed by atoms with van der Waals surface area (Å²) in [5, 5.41) is 5.74. The standard InChI is InChI=1S/C17H20ClN3O2S/c18-14-9-12(10-15-16(14)23-7-2-6-22-15)11-21-17(19)20-5-4-13-3-1-8-24-13/h1,3,8-10H,2,4-7,11H2,(H3,19,20,21). The summed E-state index contributed by atoms with van der Waals surface area (Å²) in [6, 6.07) is 7.91. The van der Waals surface area contributed by atoms with Gasteiger partial charge in [0.15, 0.2) is 17.5 Å². The predicted molar refractivity (Wildman–Crippen MR) is 98.4 cm³/mol. The van der Waals surface area contributed by atoms with Crippen LogP contribution < -0.4 is 20.5 Å². The zero-order chi connectivity index (χ0) is 16.8. The fourth-order valence-corrected chi connectivity index (χ4v) is 3.37. The highest BCUT2D eigenvalue weighted by Gasteiger charge is 2.15.